The van der Waals surface area contributed by atoms with Crippen LogP contribution < -0.4 is 5.32 Å². The van der Waals surface area contributed by atoms with E-state index in [9.17, 15) is 13.2 Å². The molecule has 0 aliphatic carbocycles. The van der Waals surface area contributed by atoms with Gasteiger partial charge in [-0.05, 0) is 31.3 Å². The number of nitriles is 1. The van der Waals surface area contributed by atoms with E-state index in [1.807, 2.05) is 7.05 Å². The second-order valence-electron chi connectivity index (χ2n) is 3.38. The van der Waals surface area contributed by atoms with E-state index in [4.69, 9.17) is 5.26 Å². The molecule has 0 aromatic heterocycles. The number of rotatable bonds is 2. The van der Waals surface area contributed by atoms with Gasteiger partial charge in [0.2, 0.25) is 0 Å². The molecule has 0 aliphatic rings. The molecule has 1 aromatic carbocycles. The Hall–Kier alpha value is -1.80. The summed E-state index contributed by atoms with van der Waals surface area (Å²) >= 11 is 0. The highest BCUT2D eigenvalue weighted by Crippen LogP contribution is 2.30. The Morgan fingerprint density at radius 3 is 2.39 bits per heavy atom. The third kappa shape index (κ3) is 5.51. The molecule has 18 heavy (non-hydrogen) atoms. The Bertz CT molecular complexity index is 429. The lowest BCUT2D eigenvalue weighted by molar-refractivity contribution is -0.137. The molecule has 1 rings (SSSR count). The third-order valence-corrected chi connectivity index (χ3v) is 2.03. The summed E-state index contributed by atoms with van der Waals surface area (Å²) in [6, 6.07) is 6.23. The second kappa shape index (κ2) is 7.51. The molecule has 0 heterocycles. The van der Waals surface area contributed by atoms with Gasteiger partial charge < -0.3 is 5.32 Å². The lowest BCUT2D eigenvalue weighted by Gasteiger charge is -2.07. The smallest absolute Gasteiger partial charge is 0.320 e. The van der Waals surface area contributed by atoms with E-state index >= 15 is 0 Å². The molecule has 0 unspecified atom stereocenters. The Balaban J connectivity index is 0.000000631. The van der Waals surface area contributed by atoms with Crippen molar-refractivity contribution in [1.29, 1.82) is 5.26 Å². The average Bonchev–Trinajstić information content (AvgIpc) is 2.37. The van der Waals surface area contributed by atoms with Crippen molar-refractivity contribution in [2.24, 2.45) is 0 Å². The Morgan fingerprint density at radius 2 is 2.00 bits per heavy atom. The van der Waals surface area contributed by atoms with E-state index in [0.717, 1.165) is 18.7 Å². The van der Waals surface area contributed by atoms with Crippen molar-refractivity contribution >= 4 is 5.57 Å². The minimum absolute atomic E-state index is 0.0242. The molecule has 1 aromatic rings. The summed E-state index contributed by atoms with van der Waals surface area (Å²) < 4.78 is 36.7. The molecule has 0 radical (unpaired) electrons. The fourth-order valence-electron chi connectivity index (χ4n) is 0.948. The van der Waals surface area contributed by atoms with Crippen LogP contribution in [0.3, 0.4) is 0 Å². The largest absolute Gasteiger partial charge is 0.416 e. The number of nitrogens with zero attached hydrogens (tertiary/aromatic N) is 1. The fraction of sp³-hybridized carbons (Fsp3) is 0.308. The van der Waals surface area contributed by atoms with Crippen LogP contribution in [0.1, 0.15) is 18.1 Å². The lowest BCUT2D eigenvalue weighted by atomic mass is 10.1. The molecule has 0 fully saturated rings. The highest BCUT2D eigenvalue weighted by molar-refractivity contribution is 5.74. The standard InChI is InChI=1S/C10H6F3N.C3H9N/c1-7(6-14)8-3-2-4-9(5-8)10(11,12)13;1-3-4-2/h2-5H,1H2;4H,3H2,1-2H3. The molecular formula is C13H15F3N2. The van der Waals surface area contributed by atoms with Crippen LogP contribution in [0.4, 0.5) is 13.2 Å². The number of benzene rings is 1. The van der Waals surface area contributed by atoms with E-state index in [0.29, 0.717) is 0 Å². The van der Waals surface area contributed by atoms with Crippen LogP contribution in [0, 0.1) is 11.3 Å². The maximum atomic E-state index is 12.2. The van der Waals surface area contributed by atoms with E-state index in [-0.39, 0.29) is 11.1 Å². The first-order valence-corrected chi connectivity index (χ1v) is 5.28. The molecule has 0 saturated carbocycles. The van der Waals surface area contributed by atoms with Gasteiger partial charge in [-0.1, -0.05) is 25.6 Å². The van der Waals surface area contributed by atoms with Crippen LogP contribution in [0.15, 0.2) is 30.8 Å². The van der Waals surface area contributed by atoms with Crippen LogP contribution in [0.2, 0.25) is 0 Å². The van der Waals surface area contributed by atoms with Crippen LogP contribution in [0.5, 0.6) is 0 Å². The predicted molar refractivity (Wildman–Crippen MR) is 65.7 cm³/mol. The van der Waals surface area contributed by atoms with Crippen LogP contribution in [-0.4, -0.2) is 13.6 Å². The van der Waals surface area contributed by atoms with Gasteiger partial charge in [0.1, 0.15) is 0 Å². The molecule has 0 saturated heterocycles. The number of alkyl halides is 3. The maximum Gasteiger partial charge on any atom is 0.416 e. The summed E-state index contributed by atoms with van der Waals surface area (Å²) in [5.74, 6) is 0. The first-order valence-electron chi connectivity index (χ1n) is 5.28. The summed E-state index contributed by atoms with van der Waals surface area (Å²) in [5, 5.41) is 11.4. The van der Waals surface area contributed by atoms with Crippen molar-refractivity contribution in [1.82, 2.24) is 5.32 Å². The van der Waals surface area contributed by atoms with Crippen LogP contribution in [0.25, 0.3) is 5.57 Å². The van der Waals surface area contributed by atoms with Gasteiger partial charge in [-0.15, -0.1) is 0 Å². The quantitative estimate of drug-likeness (QED) is 0.822. The minimum Gasteiger partial charge on any atom is -0.320 e. The molecule has 0 amide bonds. The number of nitrogens with one attached hydrogen (secondary N) is 1. The van der Waals surface area contributed by atoms with Gasteiger partial charge in [0.15, 0.2) is 0 Å². The summed E-state index contributed by atoms with van der Waals surface area (Å²) in [4.78, 5) is 0. The predicted octanol–water partition coefficient (Wildman–Crippen LogP) is 3.47. The average molecular weight is 256 g/mol. The van der Waals surface area contributed by atoms with Crippen molar-refractivity contribution in [3.8, 4) is 6.07 Å². The zero-order chi connectivity index (χ0) is 14.2. The second-order valence-corrected chi connectivity index (χ2v) is 3.38. The summed E-state index contributed by atoms with van der Waals surface area (Å²) in [7, 11) is 1.93. The van der Waals surface area contributed by atoms with Gasteiger partial charge >= 0.3 is 6.18 Å². The molecule has 2 nitrogen and oxygen atoms in total. The van der Waals surface area contributed by atoms with Crippen molar-refractivity contribution < 1.29 is 13.2 Å². The first kappa shape index (κ1) is 16.2. The van der Waals surface area contributed by atoms with E-state index < -0.39 is 11.7 Å². The van der Waals surface area contributed by atoms with Gasteiger partial charge in [-0.3, -0.25) is 0 Å². The van der Waals surface area contributed by atoms with Crippen LogP contribution in [-0.2, 0) is 6.18 Å². The highest BCUT2D eigenvalue weighted by Gasteiger charge is 2.30. The van der Waals surface area contributed by atoms with E-state index in [1.165, 1.54) is 12.1 Å². The lowest BCUT2D eigenvalue weighted by Crippen LogP contribution is -2.04. The van der Waals surface area contributed by atoms with Crippen molar-refractivity contribution in [2.45, 2.75) is 13.1 Å². The molecule has 0 aliphatic heterocycles. The molecule has 0 bridgehead atoms. The van der Waals surface area contributed by atoms with Crippen molar-refractivity contribution in [2.75, 3.05) is 13.6 Å². The zero-order valence-corrected chi connectivity index (χ0v) is 10.3. The molecular weight excluding hydrogens is 241 g/mol. The molecule has 98 valence electrons. The number of hydrogen-bond acceptors (Lipinski definition) is 2. The summed E-state index contributed by atoms with van der Waals surface area (Å²) in [6.45, 7) is 6.48. The van der Waals surface area contributed by atoms with Crippen molar-refractivity contribution in [3.05, 3.63) is 42.0 Å². The number of hydrogen-bond donors (Lipinski definition) is 1. The van der Waals surface area contributed by atoms with Gasteiger partial charge in [-0.2, -0.15) is 18.4 Å². The normalized spacial score (nSPS) is 10.0. The highest BCUT2D eigenvalue weighted by atomic mass is 19.4. The summed E-state index contributed by atoms with van der Waals surface area (Å²) in [6.07, 6.45) is -4.38. The van der Waals surface area contributed by atoms with Gasteiger partial charge in [-0.25, -0.2) is 0 Å². The Morgan fingerprint density at radius 1 is 1.44 bits per heavy atom. The third-order valence-electron chi connectivity index (χ3n) is 2.03. The van der Waals surface area contributed by atoms with Gasteiger partial charge in [0, 0.05) is 0 Å². The Kier molecular flexibility index (Phi) is 6.76. The summed E-state index contributed by atoms with van der Waals surface area (Å²) in [5.41, 5.74) is -0.551. The van der Waals surface area contributed by atoms with Gasteiger partial charge in [0.25, 0.3) is 0 Å². The molecule has 1 N–H and O–H groups in total. The molecule has 5 heteroatoms. The van der Waals surface area contributed by atoms with Gasteiger partial charge in [0.05, 0.1) is 17.2 Å². The first-order chi connectivity index (χ1) is 8.36. The fourth-order valence-corrected chi connectivity index (χ4v) is 0.948. The molecule has 0 spiro atoms. The topological polar surface area (TPSA) is 35.8 Å². The SMILES string of the molecule is C=C(C#N)c1cccc(C(F)(F)F)c1.CCNC. The van der Waals surface area contributed by atoms with E-state index in [2.05, 4.69) is 18.8 Å². The maximum absolute atomic E-state index is 12.2. The Labute approximate surface area is 105 Å². The van der Waals surface area contributed by atoms with Crippen LogP contribution >= 0.6 is 0 Å². The van der Waals surface area contributed by atoms with E-state index in [1.54, 1.807) is 6.07 Å². The zero-order valence-electron chi connectivity index (χ0n) is 10.3. The number of halogens is 3. The minimum atomic E-state index is -4.38. The number of allylic oxidation sites excluding steroid dienone is 1. The monoisotopic (exact) mass is 256 g/mol. The van der Waals surface area contributed by atoms with Crippen molar-refractivity contribution in [3.63, 3.8) is 0 Å². The molecule has 0 atom stereocenters.